The summed E-state index contributed by atoms with van der Waals surface area (Å²) in [7, 11) is 1.54. The lowest BCUT2D eigenvalue weighted by molar-refractivity contribution is 0.102. The number of benzene rings is 1. The van der Waals surface area contributed by atoms with Gasteiger partial charge in [0.15, 0.2) is 0 Å². The van der Waals surface area contributed by atoms with E-state index < -0.39 is 0 Å². The van der Waals surface area contributed by atoms with Crippen molar-refractivity contribution in [2.24, 2.45) is 0 Å². The molecule has 2 rings (SSSR count). The minimum absolute atomic E-state index is 0.231. The Bertz CT molecular complexity index is 567. The van der Waals surface area contributed by atoms with Gasteiger partial charge in [-0.15, -0.1) is 0 Å². The number of carbonyl (C=O) groups is 1. The smallest absolute Gasteiger partial charge is 0.260 e. The number of rotatable bonds is 3. The Hall–Kier alpha value is -2.36. The second kappa shape index (κ2) is 5.31. The van der Waals surface area contributed by atoms with Crippen LogP contribution in [0.3, 0.4) is 0 Å². The highest BCUT2D eigenvalue weighted by Gasteiger charge is 2.11. The molecule has 2 aromatic rings. The molecule has 1 aromatic carbocycles. The molecule has 92 valence electrons. The third kappa shape index (κ3) is 2.66. The van der Waals surface area contributed by atoms with Gasteiger partial charge in [-0.25, -0.2) is 4.98 Å². The summed E-state index contributed by atoms with van der Waals surface area (Å²) < 4.78 is 5.15. The number of methoxy groups -OCH3 is 1. The number of nitrogens with zero attached hydrogens (tertiary/aromatic N) is 1. The van der Waals surface area contributed by atoms with E-state index in [1.165, 1.54) is 7.11 Å². The highest BCUT2D eigenvalue weighted by Crippen LogP contribution is 2.18. The van der Waals surface area contributed by atoms with Crippen molar-refractivity contribution in [1.29, 1.82) is 0 Å². The molecule has 4 heteroatoms. The van der Waals surface area contributed by atoms with Crippen molar-refractivity contribution in [3.63, 3.8) is 0 Å². The molecule has 0 radical (unpaired) electrons. The van der Waals surface area contributed by atoms with Crippen molar-refractivity contribution in [2.45, 2.75) is 6.92 Å². The van der Waals surface area contributed by atoms with Gasteiger partial charge in [-0.2, -0.15) is 0 Å². The molecule has 0 spiro atoms. The summed E-state index contributed by atoms with van der Waals surface area (Å²) >= 11 is 0. The maximum atomic E-state index is 12.1. The van der Waals surface area contributed by atoms with Crippen molar-refractivity contribution in [3.05, 3.63) is 53.7 Å². The summed E-state index contributed by atoms with van der Waals surface area (Å²) in [5.74, 6) is 0.846. The van der Waals surface area contributed by atoms with Gasteiger partial charge >= 0.3 is 0 Å². The first-order chi connectivity index (χ1) is 8.70. The molecular weight excluding hydrogens is 228 g/mol. The van der Waals surface area contributed by atoms with E-state index in [0.29, 0.717) is 17.1 Å². The minimum atomic E-state index is -0.231. The average Bonchev–Trinajstić information content (AvgIpc) is 2.38. The highest BCUT2D eigenvalue weighted by atomic mass is 16.5. The maximum Gasteiger partial charge on any atom is 0.260 e. The maximum absolute atomic E-state index is 12.1. The van der Waals surface area contributed by atoms with Crippen LogP contribution in [0, 0.1) is 6.92 Å². The first-order valence-corrected chi connectivity index (χ1v) is 5.59. The van der Waals surface area contributed by atoms with Crippen molar-refractivity contribution in [3.8, 4) is 5.75 Å². The fourth-order valence-electron chi connectivity index (χ4n) is 1.63. The number of para-hydroxylation sites is 1. The highest BCUT2D eigenvalue weighted by molar-refractivity contribution is 6.05. The molecule has 0 bridgehead atoms. The Morgan fingerprint density at radius 1 is 1.17 bits per heavy atom. The van der Waals surface area contributed by atoms with Crippen LogP contribution in [0.25, 0.3) is 0 Å². The van der Waals surface area contributed by atoms with Crippen molar-refractivity contribution in [2.75, 3.05) is 12.4 Å². The van der Waals surface area contributed by atoms with Gasteiger partial charge in [-0.3, -0.25) is 4.79 Å². The number of nitrogens with one attached hydrogen (secondary N) is 1. The van der Waals surface area contributed by atoms with E-state index in [-0.39, 0.29) is 5.91 Å². The van der Waals surface area contributed by atoms with Gasteiger partial charge < -0.3 is 10.1 Å². The fraction of sp³-hybridized carbons (Fsp3) is 0.143. The van der Waals surface area contributed by atoms with Gasteiger partial charge in [0.25, 0.3) is 5.91 Å². The zero-order valence-electron chi connectivity index (χ0n) is 10.3. The lowest BCUT2D eigenvalue weighted by Crippen LogP contribution is -2.14. The van der Waals surface area contributed by atoms with Crippen LogP contribution in [0.15, 0.2) is 42.5 Å². The quantitative estimate of drug-likeness (QED) is 0.900. The molecule has 0 saturated heterocycles. The van der Waals surface area contributed by atoms with Crippen molar-refractivity contribution in [1.82, 2.24) is 4.98 Å². The van der Waals surface area contributed by atoms with E-state index in [0.717, 1.165) is 5.69 Å². The third-order valence-electron chi connectivity index (χ3n) is 2.48. The number of hydrogen-bond donors (Lipinski definition) is 1. The van der Waals surface area contributed by atoms with E-state index in [1.54, 1.807) is 24.3 Å². The van der Waals surface area contributed by atoms with E-state index in [4.69, 9.17) is 4.74 Å². The zero-order chi connectivity index (χ0) is 13.0. The molecule has 0 saturated carbocycles. The van der Waals surface area contributed by atoms with Gasteiger partial charge in [0.1, 0.15) is 11.6 Å². The lowest BCUT2D eigenvalue weighted by Gasteiger charge is -2.08. The van der Waals surface area contributed by atoms with Gasteiger partial charge in [-0.1, -0.05) is 18.2 Å². The van der Waals surface area contributed by atoms with E-state index in [1.807, 2.05) is 25.1 Å². The van der Waals surface area contributed by atoms with Crippen molar-refractivity contribution >= 4 is 11.7 Å². The molecule has 0 unspecified atom stereocenters. The van der Waals surface area contributed by atoms with Crippen LogP contribution in [0.2, 0.25) is 0 Å². The summed E-state index contributed by atoms with van der Waals surface area (Å²) in [5, 5.41) is 2.74. The largest absolute Gasteiger partial charge is 0.496 e. The Labute approximate surface area is 106 Å². The Morgan fingerprint density at radius 3 is 2.67 bits per heavy atom. The fourth-order valence-corrected chi connectivity index (χ4v) is 1.63. The summed E-state index contributed by atoms with van der Waals surface area (Å²) in [4.78, 5) is 16.3. The molecule has 1 aromatic heterocycles. The van der Waals surface area contributed by atoms with Crippen LogP contribution in [0.5, 0.6) is 5.75 Å². The normalized spacial score (nSPS) is 9.89. The number of aryl methyl sites for hydroxylation is 1. The SMILES string of the molecule is COc1ccccc1C(=O)Nc1cccc(C)n1. The van der Waals surface area contributed by atoms with Crippen LogP contribution < -0.4 is 10.1 Å². The van der Waals surface area contributed by atoms with E-state index in [9.17, 15) is 4.79 Å². The van der Waals surface area contributed by atoms with E-state index >= 15 is 0 Å². The van der Waals surface area contributed by atoms with Gasteiger partial charge in [0.05, 0.1) is 12.7 Å². The summed E-state index contributed by atoms with van der Waals surface area (Å²) in [6.07, 6.45) is 0. The van der Waals surface area contributed by atoms with Gasteiger partial charge in [0, 0.05) is 5.69 Å². The van der Waals surface area contributed by atoms with E-state index in [2.05, 4.69) is 10.3 Å². The second-order valence-electron chi connectivity index (χ2n) is 3.82. The average molecular weight is 242 g/mol. The third-order valence-corrected chi connectivity index (χ3v) is 2.48. The number of amides is 1. The standard InChI is InChI=1S/C14H14N2O2/c1-10-6-5-9-13(15-10)16-14(17)11-7-3-4-8-12(11)18-2/h3-9H,1-2H3,(H,15,16,17). The van der Waals surface area contributed by atoms with Crippen molar-refractivity contribution < 1.29 is 9.53 Å². The molecule has 1 amide bonds. The molecule has 0 aliphatic heterocycles. The molecular formula is C14H14N2O2. The predicted octanol–water partition coefficient (Wildman–Crippen LogP) is 2.65. The molecule has 0 aliphatic carbocycles. The summed E-state index contributed by atoms with van der Waals surface area (Å²) in [6.45, 7) is 1.87. The molecule has 1 heterocycles. The number of hydrogen-bond acceptors (Lipinski definition) is 3. The molecule has 0 fully saturated rings. The first-order valence-electron chi connectivity index (χ1n) is 5.59. The molecule has 1 N–H and O–H groups in total. The van der Waals surface area contributed by atoms with Crippen LogP contribution in [-0.4, -0.2) is 18.0 Å². The monoisotopic (exact) mass is 242 g/mol. The minimum Gasteiger partial charge on any atom is -0.496 e. The Balaban J connectivity index is 2.22. The van der Waals surface area contributed by atoms with Gasteiger partial charge in [-0.05, 0) is 31.2 Å². The lowest BCUT2D eigenvalue weighted by atomic mass is 10.2. The van der Waals surface area contributed by atoms with Crippen LogP contribution in [-0.2, 0) is 0 Å². The molecule has 0 aliphatic rings. The zero-order valence-corrected chi connectivity index (χ0v) is 10.3. The summed E-state index contributed by atoms with van der Waals surface area (Å²) in [5.41, 5.74) is 1.34. The Kier molecular flexibility index (Phi) is 3.57. The number of carbonyl (C=O) groups excluding carboxylic acids is 1. The first kappa shape index (κ1) is 12.1. The number of pyridine rings is 1. The molecule has 18 heavy (non-hydrogen) atoms. The second-order valence-corrected chi connectivity index (χ2v) is 3.82. The van der Waals surface area contributed by atoms with Crippen LogP contribution in [0.1, 0.15) is 16.1 Å². The number of ether oxygens (including phenoxy) is 1. The predicted molar refractivity (Wildman–Crippen MR) is 69.9 cm³/mol. The molecule has 0 atom stereocenters. The number of anilines is 1. The van der Waals surface area contributed by atoms with Gasteiger partial charge in [0.2, 0.25) is 0 Å². The summed E-state index contributed by atoms with van der Waals surface area (Å²) in [6, 6.07) is 12.5. The van der Waals surface area contributed by atoms with Crippen LogP contribution >= 0.6 is 0 Å². The molecule has 4 nitrogen and oxygen atoms in total. The van der Waals surface area contributed by atoms with Crippen LogP contribution in [0.4, 0.5) is 5.82 Å². The number of aromatic nitrogens is 1. The Morgan fingerprint density at radius 2 is 1.94 bits per heavy atom. The topological polar surface area (TPSA) is 51.2 Å².